The van der Waals surface area contributed by atoms with Crippen molar-refractivity contribution < 1.29 is 0 Å². The van der Waals surface area contributed by atoms with Crippen molar-refractivity contribution in [1.29, 1.82) is 0 Å². The average Bonchev–Trinajstić information content (AvgIpc) is 2.66. The fraction of sp³-hybridized carbons (Fsp3) is 0.520. The molecule has 0 N–H and O–H groups in total. The lowest BCUT2D eigenvalue weighted by Crippen LogP contribution is -2.11. The Kier molecular flexibility index (Phi) is 9.21. The van der Waals surface area contributed by atoms with Crippen molar-refractivity contribution >= 4 is 0 Å². The van der Waals surface area contributed by atoms with Crippen LogP contribution in [0.5, 0.6) is 0 Å². The van der Waals surface area contributed by atoms with Gasteiger partial charge < -0.3 is 0 Å². The molecule has 1 fully saturated rings. The fourth-order valence-corrected chi connectivity index (χ4v) is 3.50. The Hall–Kier alpha value is -1.74. The smallest absolute Gasteiger partial charge is 0.0249 e. The lowest BCUT2D eigenvalue weighted by molar-refractivity contribution is 0.356. The van der Waals surface area contributed by atoms with Gasteiger partial charge in [-0.25, -0.2) is 0 Å². The van der Waals surface area contributed by atoms with Gasteiger partial charge >= 0.3 is 0 Å². The van der Waals surface area contributed by atoms with Crippen LogP contribution in [-0.4, -0.2) is 0 Å². The van der Waals surface area contributed by atoms with Crippen molar-refractivity contribution in [1.82, 2.24) is 0 Å². The van der Waals surface area contributed by atoms with Crippen LogP contribution in [0.2, 0.25) is 0 Å². The van der Waals surface area contributed by atoms with Crippen LogP contribution in [0.25, 0.3) is 0 Å². The van der Waals surface area contributed by atoms with E-state index in [2.05, 4.69) is 74.3 Å². The molecule has 2 rings (SSSR count). The summed E-state index contributed by atoms with van der Waals surface area (Å²) < 4.78 is 0. The van der Waals surface area contributed by atoms with Gasteiger partial charge in [0.1, 0.15) is 0 Å². The molecule has 0 bridgehead atoms. The monoisotopic (exact) mass is 334 g/mol. The van der Waals surface area contributed by atoms with E-state index in [1.807, 2.05) is 0 Å². The van der Waals surface area contributed by atoms with Crippen LogP contribution >= 0.6 is 0 Å². The van der Waals surface area contributed by atoms with E-state index in [1.54, 1.807) is 0 Å². The van der Waals surface area contributed by atoms with Crippen molar-refractivity contribution in [3.05, 3.63) is 59.7 Å². The second-order valence-corrected chi connectivity index (χ2v) is 7.29. The highest BCUT2D eigenvalue weighted by atomic mass is 14.2. The van der Waals surface area contributed by atoms with E-state index in [9.17, 15) is 0 Å². The Bertz CT molecular complexity index is 583. The first kappa shape index (κ1) is 19.6. The minimum atomic E-state index is 0.724. The highest BCUT2D eigenvalue weighted by Crippen LogP contribution is 2.30. The van der Waals surface area contributed by atoms with Crippen LogP contribution in [0.4, 0.5) is 0 Å². The van der Waals surface area contributed by atoms with Crippen LogP contribution in [0.3, 0.4) is 0 Å². The topological polar surface area (TPSA) is 0 Å². The molecule has 0 unspecified atom stereocenters. The van der Waals surface area contributed by atoms with E-state index >= 15 is 0 Å². The largest absolute Gasteiger partial charge is 0.0885 e. The van der Waals surface area contributed by atoms with E-state index in [1.165, 1.54) is 56.9 Å². The summed E-state index contributed by atoms with van der Waals surface area (Å²) in [7, 11) is 0. The minimum absolute atomic E-state index is 0.724. The molecule has 1 aromatic carbocycles. The van der Waals surface area contributed by atoms with Crippen molar-refractivity contribution in [3.8, 4) is 11.8 Å². The van der Waals surface area contributed by atoms with Crippen LogP contribution in [0.15, 0.2) is 48.6 Å². The molecule has 0 aromatic heterocycles. The van der Waals surface area contributed by atoms with Crippen molar-refractivity contribution in [3.63, 3.8) is 0 Å². The Morgan fingerprint density at radius 2 is 1.60 bits per heavy atom. The van der Waals surface area contributed by atoms with Gasteiger partial charge in [-0.15, -0.1) is 0 Å². The molecular weight excluding hydrogens is 300 g/mol. The van der Waals surface area contributed by atoms with Crippen LogP contribution in [0, 0.1) is 23.7 Å². The summed E-state index contributed by atoms with van der Waals surface area (Å²) in [5.41, 5.74) is 2.56. The second kappa shape index (κ2) is 11.8. The van der Waals surface area contributed by atoms with E-state index in [-0.39, 0.29) is 0 Å². The summed E-state index contributed by atoms with van der Waals surface area (Å²) >= 11 is 0. The van der Waals surface area contributed by atoms with E-state index in [4.69, 9.17) is 0 Å². The number of rotatable bonds is 7. The lowest BCUT2D eigenvalue weighted by Gasteiger charge is -2.24. The molecule has 0 radical (unpaired) electrons. The molecule has 1 aliphatic rings. The maximum atomic E-state index is 3.27. The maximum absolute atomic E-state index is 3.27. The summed E-state index contributed by atoms with van der Waals surface area (Å²) in [4.78, 5) is 0. The van der Waals surface area contributed by atoms with Crippen molar-refractivity contribution in [2.24, 2.45) is 11.8 Å². The van der Waals surface area contributed by atoms with E-state index in [0.29, 0.717) is 0 Å². The molecule has 0 aliphatic heterocycles. The van der Waals surface area contributed by atoms with Gasteiger partial charge in [0.2, 0.25) is 0 Å². The Morgan fingerprint density at radius 3 is 2.24 bits per heavy atom. The predicted octanol–water partition coefficient (Wildman–Crippen LogP) is 7.10. The molecule has 134 valence electrons. The van der Waals surface area contributed by atoms with Gasteiger partial charge in [0.25, 0.3) is 0 Å². The molecule has 0 heteroatoms. The lowest BCUT2D eigenvalue weighted by atomic mass is 9.81. The molecule has 0 saturated heterocycles. The zero-order valence-corrected chi connectivity index (χ0v) is 16.1. The molecule has 1 aliphatic carbocycles. The van der Waals surface area contributed by atoms with Gasteiger partial charge in [-0.1, -0.05) is 68.9 Å². The first-order chi connectivity index (χ1) is 12.3. The number of aryl methyl sites for hydroxylation is 1. The van der Waals surface area contributed by atoms with Gasteiger partial charge in [-0.05, 0) is 80.6 Å². The predicted molar refractivity (Wildman–Crippen MR) is 111 cm³/mol. The maximum Gasteiger partial charge on any atom is 0.0249 e. The number of hydrogen-bond donors (Lipinski definition) is 0. The SMILES string of the molecule is CCC=C[C@H]1CC[C@H](C=CC#Cc2ccc(CCCCC)cc2)CC1. The quantitative estimate of drug-likeness (QED) is 0.283. The Balaban J connectivity index is 1.74. The molecule has 25 heavy (non-hydrogen) atoms. The van der Waals surface area contributed by atoms with E-state index in [0.717, 1.165) is 23.8 Å². The second-order valence-electron chi connectivity index (χ2n) is 7.29. The first-order valence-electron chi connectivity index (χ1n) is 10.3. The summed E-state index contributed by atoms with van der Waals surface area (Å²) in [5, 5.41) is 0. The normalized spacial score (nSPS) is 20.7. The molecule has 0 spiro atoms. The fourth-order valence-electron chi connectivity index (χ4n) is 3.50. The molecule has 1 aromatic rings. The van der Waals surface area contributed by atoms with Gasteiger partial charge in [0.05, 0.1) is 0 Å². The Labute approximate surface area is 155 Å². The van der Waals surface area contributed by atoms with E-state index < -0.39 is 0 Å². The number of allylic oxidation sites excluding steroid dienone is 4. The third-order valence-corrected chi connectivity index (χ3v) is 5.15. The molecular formula is C25H34. The standard InChI is InChI=1S/C25H34/c1-3-5-7-11-23-18-20-25(21-19-23)13-9-8-12-24-16-14-22(15-17-24)10-6-4-2/h6,8,10,12,18-22,24H,3-5,7,11,14-17H2,1-2H3/t22-,24-. The number of hydrogen-bond acceptors (Lipinski definition) is 0. The summed E-state index contributed by atoms with van der Waals surface area (Å²) in [6.07, 6.45) is 20.7. The zero-order valence-electron chi connectivity index (χ0n) is 16.1. The molecule has 0 amide bonds. The van der Waals surface area contributed by atoms with Gasteiger partial charge in [0, 0.05) is 5.56 Å². The molecule has 0 nitrogen and oxygen atoms in total. The van der Waals surface area contributed by atoms with Crippen LogP contribution in [0.1, 0.15) is 76.3 Å². The molecule has 0 heterocycles. The van der Waals surface area contributed by atoms with Gasteiger partial charge in [0.15, 0.2) is 0 Å². The van der Waals surface area contributed by atoms with Crippen molar-refractivity contribution in [2.75, 3.05) is 0 Å². The highest BCUT2D eigenvalue weighted by molar-refractivity contribution is 5.38. The Morgan fingerprint density at radius 1 is 0.920 bits per heavy atom. The molecule has 0 atom stereocenters. The third kappa shape index (κ3) is 7.78. The number of unbranched alkanes of at least 4 members (excludes halogenated alkanes) is 2. The molecule has 1 saturated carbocycles. The highest BCUT2D eigenvalue weighted by Gasteiger charge is 2.16. The van der Waals surface area contributed by atoms with Gasteiger partial charge in [-0.3, -0.25) is 0 Å². The first-order valence-corrected chi connectivity index (χ1v) is 10.3. The number of benzene rings is 1. The third-order valence-electron chi connectivity index (χ3n) is 5.15. The minimum Gasteiger partial charge on any atom is -0.0885 e. The summed E-state index contributed by atoms with van der Waals surface area (Å²) in [6, 6.07) is 8.78. The van der Waals surface area contributed by atoms with Crippen molar-refractivity contribution in [2.45, 2.75) is 71.6 Å². The van der Waals surface area contributed by atoms with Crippen LogP contribution in [-0.2, 0) is 6.42 Å². The zero-order chi connectivity index (χ0) is 17.7. The average molecular weight is 335 g/mol. The summed E-state index contributed by atoms with van der Waals surface area (Å²) in [6.45, 7) is 4.46. The van der Waals surface area contributed by atoms with Gasteiger partial charge in [-0.2, -0.15) is 0 Å². The van der Waals surface area contributed by atoms with Crippen LogP contribution < -0.4 is 0 Å². The summed E-state index contributed by atoms with van der Waals surface area (Å²) in [5.74, 6) is 8.02.